The molecule has 2 nitrogen and oxygen atoms in total. The maximum absolute atomic E-state index is 13.4. The molecule has 4 aromatic carbocycles. The Morgan fingerprint density at radius 3 is 2.12 bits per heavy atom. The minimum atomic E-state index is -0.118. The summed E-state index contributed by atoms with van der Waals surface area (Å²) in [5.41, 5.74) is 3.45. The lowest BCUT2D eigenvalue weighted by atomic mass is 10.1. The summed E-state index contributed by atoms with van der Waals surface area (Å²) in [7, 11) is 0. The van der Waals surface area contributed by atoms with E-state index in [2.05, 4.69) is 0 Å². The second-order valence-electron chi connectivity index (χ2n) is 7.54. The van der Waals surface area contributed by atoms with Gasteiger partial charge in [0, 0.05) is 16.3 Å². The number of carbonyl (C=O) groups excluding carboxylic acids is 1. The van der Waals surface area contributed by atoms with E-state index in [1.54, 1.807) is 12.1 Å². The average molecular weight is 505 g/mol. The summed E-state index contributed by atoms with van der Waals surface area (Å²) in [6.07, 6.45) is 1.88. The largest absolute Gasteiger partial charge is 0.489 e. The zero-order chi connectivity index (χ0) is 23.8. The molecule has 0 aliphatic carbocycles. The van der Waals surface area contributed by atoms with Crippen LogP contribution in [-0.2, 0) is 12.4 Å². The molecule has 0 aliphatic rings. The lowest BCUT2D eigenvalue weighted by molar-refractivity contribution is 0.104. The summed E-state index contributed by atoms with van der Waals surface area (Å²) in [6, 6.07) is 32.5. The summed E-state index contributed by atoms with van der Waals surface area (Å²) in [5, 5.41) is 1.11. The van der Waals surface area contributed by atoms with Crippen LogP contribution in [0.4, 0.5) is 0 Å². The van der Waals surface area contributed by atoms with Crippen LogP contribution in [0.3, 0.4) is 0 Å². The molecule has 0 amide bonds. The van der Waals surface area contributed by atoms with Crippen LogP contribution in [0.15, 0.2) is 108 Å². The lowest BCUT2D eigenvalue weighted by Crippen LogP contribution is -2.02. The Labute approximate surface area is 214 Å². The number of carbonyl (C=O) groups is 1. The van der Waals surface area contributed by atoms with Gasteiger partial charge < -0.3 is 4.74 Å². The Balaban J connectivity index is 1.54. The quantitative estimate of drug-likeness (QED) is 0.168. The molecular weight excluding hydrogens is 483 g/mol. The van der Waals surface area contributed by atoms with Crippen molar-refractivity contribution in [2.45, 2.75) is 12.4 Å². The van der Waals surface area contributed by atoms with E-state index in [-0.39, 0.29) is 5.78 Å². The van der Waals surface area contributed by atoms with Gasteiger partial charge in [0.1, 0.15) is 12.4 Å². The van der Waals surface area contributed by atoms with Crippen LogP contribution in [-0.4, -0.2) is 5.78 Å². The standard InChI is InChI=1S/C29H22Cl2O2S/c30-26-12-6-4-10-23(26)20-34-28(29(32)25-11-5-7-13-27(25)31)18-21-14-16-24(17-15-21)33-19-22-8-2-1-3-9-22/h1-18H,19-20H2. The highest BCUT2D eigenvalue weighted by molar-refractivity contribution is 8.03. The van der Waals surface area contributed by atoms with Gasteiger partial charge in [0.25, 0.3) is 0 Å². The summed E-state index contributed by atoms with van der Waals surface area (Å²) >= 11 is 14.1. The second-order valence-corrected chi connectivity index (χ2v) is 9.37. The molecule has 0 aliphatic heterocycles. The van der Waals surface area contributed by atoms with E-state index in [0.717, 1.165) is 22.4 Å². The highest BCUT2D eigenvalue weighted by Crippen LogP contribution is 2.31. The molecule has 0 spiro atoms. The van der Waals surface area contributed by atoms with E-state index in [1.807, 2.05) is 97.1 Å². The third-order valence-corrected chi connectivity index (χ3v) is 6.88. The minimum absolute atomic E-state index is 0.118. The fourth-order valence-electron chi connectivity index (χ4n) is 3.27. The van der Waals surface area contributed by atoms with Gasteiger partial charge in [-0.05, 0) is 53.1 Å². The third-order valence-electron chi connectivity index (χ3n) is 5.11. The average Bonchev–Trinajstić information content (AvgIpc) is 2.87. The molecule has 170 valence electrons. The van der Waals surface area contributed by atoms with Gasteiger partial charge in [0.2, 0.25) is 5.78 Å². The highest BCUT2D eigenvalue weighted by Gasteiger charge is 2.17. The normalized spacial score (nSPS) is 11.3. The molecular formula is C29H22Cl2O2S. The van der Waals surface area contributed by atoms with Gasteiger partial charge in [-0.15, -0.1) is 11.8 Å². The van der Waals surface area contributed by atoms with Crippen molar-refractivity contribution in [1.82, 2.24) is 0 Å². The predicted octanol–water partition coefficient (Wildman–Crippen LogP) is 8.73. The van der Waals surface area contributed by atoms with Gasteiger partial charge in [0.15, 0.2) is 0 Å². The van der Waals surface area contributed by atoms with Crippen molar-refractivity contribution in [2.24, 2.45) is 0 Å². The van der Waals surface area contributed by atoms with Crippen LogP contribution in [0.1, 0.15) is 27.0 Å². The number of hydrogen-bond acceptors (Lipinski definition) is 3. The summed E-state index contributed by atoms with van der Waals surface area (Å²) in [6.45, 7) is 0.500. The third kappa shape index (κ3) is 6.54. The molecule has 0 fully saturated rings. The second kappa shape index (κ2) is 11.9. The number of benzene rings is 4. The predicted molar refractivity (Wildman–Crippen MR) is 144 cm³/mol. The van der Waals surface area contributed by atoms with E-state index >= 15 is 0 Å². The van der Waals surface area contributed by atoms with Crippen molar-refractivity contribution >= 4 is 46.8 Å². The maximum Gasteiger partial charge on any atom is 0.200 e. The zero-order valence-corrected chi connectivity index (χ0v) is 20.6. The molecule has 0 heterocycles. The van der Waals surface area contributed by atoms with Crippen molar-refractivity contribution in [3.05, 3.63) is 140 Å². The molecule has 0 bridgehead atoms. The fraction of sp³-hybridized carbons (Fsp3) is 0.0690. The number of thioether (sulfide) groups is 1. The molecule has 0 aromatic heterocycles. The first-order valence-corrected chi connectivity index (χ1v) is 12.5. The van der Waals surface area contributed by atoms with Gasteiger partial charge in [-0.2, -0.15) is 0 Å². The molecule has 4 rings (SSSR count). The summed E-state index contributed by atoms with van der Waals surface area (Å²) < 4.78 is 5.88. The van der Waals surface area contributed by atoms with Gasteiger partial charge in [-0.3, -0.25) is 4.79 Å². The van der Waals surface area contributed by atoms with Crippen LogP contribution in [0.5, 0.6) is 5.75 Å². The number of halogens is 2. The van der Waals surface area contributed by atoms with Crippen LogP contribution in [0, 0.1) is 0 Å². The number of Topliss-reactive ketones (excluding diaryl/α,β-unsaturated/α-hetero) is 1. The van der Waals surface area contributed by atoms with E-state index in [1.165, 1.54) is 11.8 Å². The number of rotatable bonds is 9. The Morgan fingerprint density at radius 2 is 1.41 bits per heavy atom. The Kier molecular flexibility index (Phi) is 8.48. The summed E-state index contributed by atoms with van der Waals surface area (Å²) in [5.74, 6) is 1.22. The number of ether oxygens (including phenoxy) is 1. The first-order chi connectivity index (χ1) is 16.6. The van der Waals surface area contributed by atoms with Gasteiger partial charge in [-0.25, -0.2) is 0 Å². The molecule has 0 saturated heterocycles. The number of ketones is 1. The van der Waals surface area contributed by atoms with E-state index in [0.29, 0.717) is 32.9 Å². The van der Waals surface area contributed by atoms with Crippen LogP contribution >= 0.6 is 35.0 Å². The van der Waals surface area contributed by atoms with Gasteiger partial charge in [0.05, 0.1) is 9.93 Å². The van der Waals surface area contributed by atoms with E-state index in [9.17, 15) is 4.79 Å². The topological polar surface area (TPSA) is 26.3 Å². The van der Waals surface area contributed by atoms with Crippen molar-refractivity contribution in [3.8, 4) is 5.75 Å². The number of hydrogen-bond donors (Lipinski definition) is 0. The molecule has 0 radical (unpaired) electrons. The van der Waals surface area contributed by atoms with Crippen molar-refractivity contribution in [3.63, 3.8) is 0 Å². The molecule has 5 heteroatoms. The maximum atomic E-state index is 13.4. The van der Waals surface area contributed by atoms with Crippen molar-refractivity contribution in [1.29, 1.82) is 0 Å². The van der Waals surface area contributed by atoms with Crippen molar-refractivity contribution < 1.29 is 9.53 Å². The molecule has 0 atom stereocenters. The van der Waals surface area contributed by atoms with Gasteiger partial charge >= 0.3 is 0 Å². The first kappa shape index (κ1) is 24.2. The highest BCUT2D eigenvalue weighted by atomic mass is 35.5. The minimum Gasteiger partial charge on any atom is -0.489 e. The smallest absolute Gasteiger partial charge is 0.200 e. The van der Waals surface area contributed by atoms with Crippen LogP contribution in [0.25, 0.3) is 6.08 Å². The number of allylic oxidation sites excluding steroid dienone is 1. The summed E-state index contributed by atoms with van der Waals surface area (Å²) in [4.78, 5) is 14.0. The van der Waals surface area contributed by atoms with E-state index < -0.39 is 0 Å². The monoisotopic (exact) mass is 504 g/mol. The zero-order valence-electron chi connectivity index (χ0n) is 18.3. The first-order valence-electron chi connectivity index (χ1n) is 10.7. The molecule has 34 heavy (non-hydrogen) atoms. The molecule has 0 N–H and O–H groups in total. The van der Waals surface area contributed by atoms with Crippen molar-refractivity contribution in [2.75, 3.05) is 0 Å². The Bertz CT molecular complexity index is 1290. The van der Waals surface area contributed by atoms with E-state index in [4.69, 9.17) is 27.9 Å². The SMILES string of the molecule is O=C(C(=Cc1ccc(OCc2ccccc2)cc1)SCc1ccccc1Cl)c1ccccc1Cl. The molecule has 0 unspecified atom stereocenters. The fourth-order valence-corrected chi connectivity index (χ4v) is 4.80. The van der Waals surface area contributed by atoms with Gasteiger partial charge in [-0.1, -0.05) is 96.0 Å². The van der Waals surface area contributed by atoms with Crippen LogP contribution in [0.2, 0.25) is 10.0 Å². The Morgan fingerprint density at radius 1 is 0.765 bits per heavy atom. The lowest BCUT2D eigenvalue weighted by Gasteiger charge is -2.10. The Hall–Kier alpha value is -2.98. The molecule has 0 saturated carbocycles. The molecule has 4 aromatic rings. The van der Waals surface area contributed by atoms with Crippen LogP contribution < -0.4 is 4.74 Å².